The van der Waals surface area contributed by atoms with Crippen LogP contribution in [0, 0.1) is 20.8 Å². The monoisotopic (exact) mass is 268 g/mol. The molecule has 0 saturated heterocycles. The molecule has 2 aromatic carbocycles. The van der Waals surface area contributed by atoms with Crippen molar-refractivity contribution in [2.45, 2.75) is 26.7 Å². The van der Waals surface area contributed by atoms with Crippen LogP contribution in [0.1, 0.15) is 33.7 Å². The average molecular weight is 268 g/mol. The number of hydrogen-bond donors (Lipinski definition) is 1. The molecule has 20 heavy (non-hydrogen) atoms. The Balaban J connectivity index is 2.17. The third-order valence-corrected chi connectivity index (χ3v) is 3.75. The third kappa shape index (κ3) is 1.86. The average Bonchev–Trinajstić information content (AvgIpc) is 2.70. The third-order valence-electron chi connectivity index (χ3n) is 3.75. The van der Waals surface area contributed by atoms with Gasteiger partial charge in [-0.2, -0.15) is 0 Å². The summed E-state index contributed by atoms with van der Waals surface area (Å²) >= 11 is 0. The molecule has 0 amide bonds. The topological polar surface area (TPSA) is 46.5 Å². The molecule has 1 N–H and O–H groups in total. The van der Waals surface area contributed by atoms with Gasteiger partial charge in [0.2, 0.25) is 0 Å². The number of fused-ring (bicyclic) bond motifs is 1. The van der Waals surface area contributed by atoms with Crippen LogP contribution in [0.25, 0.3) is 0 Å². The molecule has 1 aliphatic heterocycles. The van der Waals surface area contributed by atoms with E-state index < -0.39 is 5.92 Å². The van der Waals surface area contributed by atoms with E-state index in [1.54, 1.807) is 12.1 Å². The second-order valence-electron chi connectivity index (χ2n) is 5.40. The highest BCUT2D eigenvalue weighted by molar-refractivity contribution is 5.90. The minimum Gasteiger partial charge on any atom is -0.508 e. The van der Waals surface area contributed by atoms with Gasteiger partial charge in [-0.15, -0.1) is 0 Å². The van der Waals surface area contributed by atoms with Crippen molar-refractivity contribution in [1.82, 2.24) is 0 Å². The number of carbonyl (C=O) groups is 1. The highest BCUT2D eigenvalue weighted by atomic mass is 16.5. The lowest BCUT2D eigenvalue weighted by molar-refractivity contribution is -0.133. The molecule has 3 rings (SSSR count). The quantitative estimate of drug-likeness (QED) is 0.637. The van der Waals surface area contributed by atoms with Crippen LogP contribution in [0.3, 0.4) is 0 Å². The summed E-state index contributed by atoms with van der Waals surface area (Å²) in [7, 11) is 0. The van der Waals surface area contributed by atoms with E-state index >= 15 is 0 Å². The first-order valence-corrected chi connectivity index (χ1v) is 6.59. The van der Waals surface area contributed by atoms with E-state index in [9.17, 15) is 9.90 Å². The number of aromatic hydroxyl groups is 1. The van der Waals surface area contributed by atoms with E-state index in [4.69, 9.17) is 4.74 Å². The maximum Gasteiger partial charge on any atom is 0.323 e. The Kier molecular flexibility index (Phi) is 2.78. The number of rotatable bonds is 1. The van der Waals surface area contributed by atoms with Gasteiger partial charge in [-0.1, -0.05) is 29.8 Å². The van der Waals surface area contributed by atoms with Gasteiger partial charge in [-0.25, -0.2) is 0 Å². The number of phenolic OH excluding ortho intramolecular Hbond substituents is 1. The predicted molar refractivity (Wildman–Crippen MR) is 76.2 cm³/mol. The van der Waals surface area contributed by atoms with Crippen molar-refractivity contribution in [3.8, 4) is 11.5 Å². The first-order valence-electron chi connectivity index (χ1n) is 6.59. The Bertz CT molecular complexity index is 716. The number of phenols is 1. The van der Waals surface area contributed by atoms with Crippen molar-refractivity contribution < 1.29 is 14.6 Å². The Morgan fingerprint density at radius 2 is 1.80 bits per heavy atom. The summed E-state index contributed by atoms with van der Waals surface area (Å²) < 4.78 is 5.43. The molecule has 0 saturated carbocycles. The van der Waals surface area contributed by atoms with Crippen LogP contribution >= 0.6 is 0 Å². The van der Waals surface area contributed by atoms with E-state index in [0.717, 1.165) is 27.8 Å². The zero-order valence-electron chi connectivity index (χ0n) is 11.7. The molecular weight excluding hydrogens is 252 g/mol. The molecule has 1 aliphatic rings. The molecule has 3 heteroatoms. The van der Waals surface area contributed by atoms with Crippen molar-refractivity contribution in [3.05, 3.63) is 58.1 Å². The van der Waals surface area contributed by atoms with Crippen LogP contribution in [0.5, 0.6) is 11.5 Å². The molecule has 0 radical (unpaired) electrons. The summed E-state index contributed by atoms with van der Waals surface area (Å²) in [4.78, 5) is 12.2. The SMILES string of the molecule is Cc1cc(C)c2c(c1)C(c1ccc(O)c(C)c1)C(=O)O2. The molecule has 0 bridgehead atoms. The van der Waals surface area contributed by atoms with E-state index in [1.165, 1.54) is 0 Å². The van der Waals surface area contributed by atoms with Crippen molar-refractivity contribution in [1.29, 1.82) is 0 Å². The van der Waals surface area contributed by atoms with Gasteiger partial charge in [-0.05, 0) is 43.5 Å². The number of ether oxygens (including phenoxy) is 1. The van der Waals surface area contributed by atoms with E-state index in [-0.39, 0.29) is 11.7 Å². The summed E-state index contributed by atoms with van der Waals surface area (Å²) in [5, 5.41) is 9.62. The van der Waals surface area contributed by atoms with Crippen LogP contribution in [0.4, 0.5) is 0 Å². The van der Waals surface area contributed by atoms with Gasteiger partial charge < -0.3 is 9.84 Å². The van der Waals surface area contributed by atoms with Crippen molar-refractivity contribution in [2.24, 2.45) is 0 Å². The van der Waals surface area contributed by atoms with Crippen LogP contribution in [-0.4, -0.2) is 11.1 Å². The second kappa shape index (κ2) is 4.37. The standard InChI is InChI=1S/C17H16O3/c1-9-6-11(3)16-13(7-9)15(17(19)20-16)12-4-5-14(18)10(2)8-12/h4-8,15,18H,1-3H3. The van der Waals surface area contributed by atoms with E-state index in [1.807, 2.05) is 39.0 Å². The van der Waals surface area contributed by atoms with Gasteiger partial charge in [0.25, 0.3) is 0 Å². The van der Waals surface area contributed by atoms with Crippen molar-refractivity contribution in [2.75, 3.05) is 0 Å². The number of benzene rings is 2. The van der Waals surface area contributed by atoms with Gasteiger partial charge >= 0.3 is 5.97 Å². The number of aryl methyl sites for hydroxylation is 3. The smallest absolute Gasteiger partial charge is 0.323 e. The summed E-state index contributed by atoms with van der Waals surface area (Å²) in [5.74, 6) is 0.263. The molecule has 1 unspecified atom stereocenters. The molecule has 2 aromatic rings. The fourth-order valence-corrected chi connectivity index (χ4v) is 2.80. The van der Waals surface area contributed by atoms with Crippen LogP contribution in [-0.2, 0) is 4.79 Å². The number of carbonyl (C=O) groups excluding carboxylic acids is 1. The molecule has 0 fully saturated rings. The lowest BCUT2D eigenvalue weighted by Crippen LogP contribution is -2.11. The summed E-state index contributed by atoms with van der Waals surface area (Å²) in [5.41, 5.74) is 4.62. The Labute approximate surface area is 117 Å². The first-order chi connectivity index (χ1) is 9.47. The molecule has 0 aliphatic carbocycles. The van der Waals surface area contributed by atoms with Crippen LogP contribution in [0.2, 0.25) is 0 Å². The zero-order chi connectivity index (χ0) is 14.4. The molecule has 0 aromatic heterocycles. The van der Waals surface area contributed by atoms with Gasteiger partial charge in [0.05, 0.1) is 0 Å². The highest BCUT2D eigenvalue weighted by Gasteiger charge is 2.35. The lowest BCUT2D eigenvalue weighted by atomic mass is 9.89. The molecule has 102 valence electrons. The van der Waals surface area contributed by atoms with Gasteiger partial charge in [0, 0.05) is 5.56 Å². The molecule has 3 nitrogen and oxygen atoms in total. The fourth-order valence-electron chi connectivity index (χ4n) is 2.80. The van der Waals surface area contributed by atoms with Crippen molar-refractivity contribution in [3.63, 3.8) is 0 Å². The Morgan fingerprint density at radius 3 is 2.50 bits per heavy atom. The number of hydrogen-bond acceptors (Lipinski definition) is 3. The molecule has 0 spiro atoms. The largest absolute Gasteiger partial charge is 0.508 e. The maximum atomic E-state index is 12.2. The second-order valence-corrected chi connectivity index (χ2v) is 5.40. The summed E-state index contributed by atoms with van der Waals surface area (Å²) in [6, 6.07) is 9.25. The Hall–Kier alpha value is -2.29. The minimum atomic E-state index is -0.400. The zero-order valence-corrected chi connectivity index (χ0v) is 11.7. The molecule has 1 atom stereocenters. The predicted octanol–water partition coefficient (Wildman–Crippen LogP) is 3.37. The van der Waals surface area contributed by atoms with Crippen LogP contribution < -0.4 is 4.74 Å². The summed E-state index contributed by atoms with van der Waals surface area (Å²) in [6.07, 6.45) is 0. The highest BCUT2D eigenvalue weighted by Crippen LogP contribution is 2.42. The molecular formula is C17H16O3. The molecule has 1 heterocycles. The van der Waals surface area contributed by atoms with E-state index in [2.05, 4.69) is 0 Å². The Morgan fingerprint density at radius 1 is 1.05 bits per heavy atom. The van der Waals surface area contributed by atoms with Crippen molar-refractivity contribution >= 4 is 5.97 Å². The maximum absolute atomic E-state index is 12.2. The van der Waals surface area contributed by atoms with Crippen LogP contribution in [0.15, 0.2) is 30.3 Å². The lowest BCUT2D eigenvalue weighted by Gasteiger charge is -2.10. The van der Waals surface area contributed by atoms with Gasteiger partial charge in [0.1, 0.15) is 17.4 Å². The minimum absolute atomic E-state index is 0.237. The fraction of sp³-hybridized carbons (Fsp3) is 0.235. The van der Waals surface area contributed by atoms with Gasteiger partial charge in [0.15, 0.2) is 0 Å². The number of esters is 1. The van der Waals surface area contributed by atoms with Gasteiger partial charge in [-0.3, -0.25) is 4.79 Å². The van der Waals surface area contributed by atoms with E-state index in [0.29, 0.717) is 5.75 Å². The summed E-state index contributed by atoms with van der Waals surface area (Å²) in [6.45, 7) is 5.78. The first kappa shape index (κ1) is 12.7. The normalized spacial score (nSPS) is 16.9.